The summed E-state index contributed by atoms with van der Waals surface area (Å²) in [6, 6.07) is 7.70. The zero-order chi connectivity index (χ0) is 15.1. The van der Waals surface area contributed by atoms with Crippen LogP contribution in [0.25, 0.3) is 0 Å². The van der Waals surface area contributed by atoms with Gasteiger partial charge in [0.2, 0.25) is 0 Å². The highest BCUT2D eigenvalue weighted by atomic mass is 35.5. The Balaban J connectivity index is 2.10. The monoisotopic (exact) mass is 306 g/mol. The molecule has 0 amide bonds. The number of anilines is 1. The van der Waals surface area contributed by atoms with E-state index < -0.39 is 0 Å². The number of nitrogens with zero attached hydrogens (tertiary/aromatic N) is 1. The van der Waals surface area contributed by atoms with E-state index in [9.17, 15) is 0 Å². The van der Waals surface area contributed by atoms with Gasteiger partial charge >= 0.3 is 0 Å². The van der Waals surface area contributed by atoms with E-state index >= 15 is 0 Å². The van der Waals surface area contributed by atoms with Crippen molar-refractivity contribution in [2.24, 2.45) is 0 Å². The van der Waals surface area contributed by atoms with Crippen molar-refractivity contribution in [1.82, 2.24) is 4.98 Å². The predicted octanol–water partition coefficient (Wildman–Crippen LogP) is 4.14. The summed E-state index contributed by atoms with van der Waals surface area (Å²) in [5.74, 6) is 1.50. The van der Waals surface area contributed by atoms with Crippen molar-refractivity contribution in [3.05, 3.63) is 47.2 Å². The van der Waals surface area contributed by atoms with Crippen LogP contribution >= 0.6 is 11.6 Å². The number of benzene rings is 1. The average molecular weight is 307 g/mol. The lowest BCUT2D eigenvalue weighted by Gasteiger charge is -2.13. The molecule has 0 bridgehead atoms. The van der Waals surface area contributed by atoms with Gasteiger partial charge in [0.25, 0.3) is 0 Å². The Kier molecular flexibility index (Phi) is 5.69. The van der Waals surface area contributed by atoms with Crippen molar-refractivity contribution >= 4 is 17.3 Å². The van der Waals surface area contributed by atoms with Gasteiger partial charge in [-0.15, -0.1) is 0 Å². The topological polar surface area (TPSA) is 43.4 Å². The Morgan fingerprint density at radius 2 is 1.86 bits per heavy atom. The molecule has 0 saturated carbocycles. The van der Waals surface area contributed by atoms with Crippen LogP contribution in [-0.4, -0.2) is 18.2 Å². The number of hydrogen-bond acceptors (Lipinski definition) is 4. The molecule has 0 atom stereocenters. The van der Waals surface area contributed by atoms with E-state index in [-0.39, 0.29) is 0 Å². The van der Waals surface area contributed by atoms with E-state index in [2.05, 4.69) is 10.3 Å². The van der Waals surface area contributed by atoms with Crippen LogP contribution in [0.2, 0.25) is 5.02 Å². The van der Waals surface area contributed by atoms with Crippen LogP contribution in [0.5, 0.6) is 11.5 Å². The quantitative estimate of drug-likeness (QED) is 0.834. The first-order valence-electron chi connectivity index (χ1n) is 6.96. The average Bonchev–Trinajstić information content (AvgIpc) is 2.49. The number of ether oxygens (including phenoxy) is 2. The molecule has 0 unspecified atom stereocenters. The predicted molar refractivity (Wildman–Crippen MR) is 85.4 cm³/mol. The molecule has 1 aromatic heterocycles. The third kappa shape index (κ3) is 4.26. The molecule has 5 heteroatoms. The maximum atomic E-state index is 6.09. The molecular formula is C16H19ClN2O2. The highest BCUT2D eigenvalue weighted by molar-refractivity contribution is 6.31. The van der Waals surface area contributed by atoms with E-state index in [0.717, 1.165) is 22.7 Å². The fourth-order valence-corrected chi connectivity index (χ4v) is 2.09. The van der Waals surface area contributed by atoms with Crippen LogP contribution in [0.4, 0.5) is 5.69 Å². The van der Waals surface area contributed by atoms with Gasteiger partial charge in [0.05, 0.1) is 18.2 Å². The molecule has 1 heterocycles. The van der Waals surface area contributed by atoms with Gasteiger partial charge in [-0.3, -0.25) is 4.98 Å². The minimum absolute atomic E-state index is 0.597. The molecule has 2 rings (SSSR count). The van der Waals surface area contributed by atoms with Crippen LogP contribution in [0.3, 0.4) is 0 Å². The first-order valence-corrected chi connectivity index (χ1v) is 7.34. The summed E-state index contributed by atoms with van der Waals surface area (Å²) in [6.07, 6.45) is 3.37. The molecule has 0 aliphatic carbocycles. The Morgan fingerprint density at radius 3 is 2.57 bits per heavy atom. The molecule has 4 nitrogen and oxygen atoms in total. The summed E-state index contributed by atoms with van der Waals surface area (Å²) in [4.78, 5) is 3.97. The lowest BCUT2D eigenvalue weighted by molar-refractivity contribution is 0.288. The first kappa shape index (κ1) is 15.4. The summed E-state index contributed by atoms with van der Waals surface area (Å²) in [6.45, 7) is 5.74. The Labute approximate surface area is 130 Å². The molecule has 0 aliphatic heterocycles. The molecule has 1 N–H and O–H groups in total. The number of halogens is 1. The maximum Gasteiger partial charge on any atom is 0.163 e. The fourth-order valence-electron chi connectivity index (χ4n) is 1.91. The van der Waals surface area contributed by atoms with Crippen LogP contribution in [0, 0.1) is 0 Å². The molecule has 0 spiro atoms. The van der Waals surface area contributed by atoms with E-state index in [4.69, 9.17) is 21.1 Å². The molecule has 112 valence electrons. The van der Waals surface area contributed by atoms with Crippen molar-refractivity contribution in [3.63, 3.8) is 0 Å². The number of hydrogen-bond donors (Lipinski definition) is 1. The summed E-state index contributed by atoms with van der Waals surface area (Å²) < 4.78 is 11.1. The largest absolute Gasteiger partial charge is 0.490 e. The van der Waals surface area contributed by atoms with Crippen molar-refractivity contribution in [3.8, 4) is 11.5 Å². The van der Waals surface area contributed by atoms with Gasteiger partial charge in [-0.05, 0) is 37.6 Å². The molecule has 0 radical (unpaired) electrons. The second kappa shape index (κ2) is 7.74. The van der Waals surface area contributed by atoms with Crippen molar-refractivity contribution in [1.29, 1.82) is 0 Å². The summed E-state index contributed by atoms with van der Waals surface area (Å²) in [5.41, 5.74) is 1.95. The summed E-state index contributed by atoms with van der Waals surface area (Å²) >= 11 is 6.09. The third-order valence-electron chi connectivity index (χ3n) is 2.88. The van der Waals surface area contributed by atoms with E-state index in [1.807, 2.05) is 38.1 Å². The van der Waals surface area contributed by atoms with Gasteiger partial charge in [0, 0.05) is 30.7 Å². The standard InChI is InChI=1S/C16H19ClN2O2/c1-3-20-15-6-5-13(9-16(15)21-4-2)19-10-12-7-8-18-11-14(12)17/h5-9,11,19H,3-4,10H2,1-2H3. The van der Waals surface area contributed by atoms with Crippen LogP contribution in [0.1, 0.15) is 19.4 Å². The Morgan fingerprint density at radius 1 is 1.10 bits per heavy atom. The SMILES string of the molecule is CCOc1ccc(NCc2ccncc2Cl)cc1OCC. The van der Waals surface area contributed by atoms with Gasteiger partial charge < -0.3 is 14.8 Å². The van der Waals surface area contributed by atoms with E-state index in [0.29, 0.717) is 24.8 Å². The molecule has 2 aromatic rings. The second-order valence-electron chi connectivity index (χ2n) is 4.35. The van der Waals surface area contributed by atoms with Gasteiger partial charge in [-0.1, -0.05) is 11.6 Å². The Hall–Kier alpha value is -1.94. The fraction of sp³-hybridized carbons (Fsp3) is 0.312. The van der Waals surface area contributed by atoms with Crippen molar-refractivity contribution in [2.45, 2.75) is 20.4 Å². The van der Waals surface area contributed by atoms with Gasteiger partial charge in [0.1, 0.15) is 0 Å². The van der Waals surface area contributed by atoms with Gasteiger partial charge in [0.15, 0.2) is 11.5 Å². The van der Waals surface area contributed by atoms with Crippen molar-refractivity contribution in [2.75, 3.05) is 18.5 Å². The summed E-state index contributed by atoms with van der Waals surface area (Å²) in [7, 11) is 0. The van der Waals surface area contributed by atoms with Crippen molar-refractivity contribution < 1.29 is 9.47 Å². The molecule has 0 fully saturated rings. The van der Waals surface area contributed by atoms with Crippen LogP contribution in [-0.2, 0) is 6.54 Å². The lowest BCUT2D eigenvalue weighted by Crippen LogP contribution is -2.02. The highest BCUT2D eigenvalue weighted by Gasteiger charge is 2.06. The number of pyridine rings is 1. The Bertz CT molecular complexity index is 590. The second-order valence-corrected chi connectivity index (χ2v) is 4.76. The van der Waals surface area contributed by atoms with Crippen LogP contribution in [0.15, 0.2) is 36.7 Å². The van der Waals surface area contributed by atoms with Gasteiger partial charge in [-0.25, -0.2) is 0 Å². The molecule has 1 aromatic carbocycles. The van der Waals surface area contributed by atoms with Crippen LogP contribution < -0.4 is 14.8 Å². The summed E-state index contributed by atoms with van der Waals surface area (Å²) in [5, 5.41) is 3.98. The normalized spacial score (nSPS) is 10.2. The number of rotatable bonds is 7. The number of aromatic nitrogens is 1. The molecule has 0 aliphatic rings. The minimum atomic E-state index is 0.597. The van der Waals surface area contributed by atoms with Gasteiger partial charge in [-0.2, -0.15) is 0 Å². The third-order valence-corrected chi connectivity index (χ3v) is 3.22. The maximum absolute atomic E-state index is 6.09. The smallest absolute Gasteiger partial charge is 0.163 e. The highest BCUT2D eigenvalue weighted by Crippen LogP contribution is 2.31. The molecular weight excluding hydrogens is 288 g/mol. The lowest BCUT2D eigenvalue weighted by atomic mass is 10.2. The molecule has 0 saturated heterocycles. The van der Waals surface area contributed by atoms with E-state index in [1.165, 1.54) is 0 Å². The van der Waals surface area contributed by atoms with E-state index in [1.54, 1.807) is 12.4 Å². The molecule has 21 heavy (non-hydrogen) atoms. The first-order chi connectivity index (χ1) is 10.2. The zero-order valence-electron chi connectivity index (χ0n) is 12.2. The minimum Gasteiger partial charge on any atom is -0.490 e. The number of nitrogens with one attached hydrogen (secondary N) is 1. The zero-order valence-corrected chi connectivity index (χ0v) is 13.0.